The summed E-state index contributed by atoms with van der Waals surface area (Å²) in [4.78, 5) is 23.8. The van der Waals surface area contributed by atoms with Crippen LogP contribution in [0.2, 0.25) is 0 Å². The molecule has 0 spiro atoms. The van der Waals surface area contributed by atoms with E-state index in [1.807, 2.05) is 20.8 Å². The Bertz CT molecular complexity index is 423. The van der Waals surface area contributed by atoms with Crippen LogP contribution in [0.1, 0.15) is 20.8 Å². The molecule has 0 amide bonds. The van der Waals surface area contributed by atoms with Crippen molar-refractivity contribution in [2.24, 2.45) is 0 Å². The van der Waals surface area contributed by atoms with Gasteiger partial charge in [0.05, 0.1) is 26.4 Å². The van der Waals surface area contributed by atoms with Crippen molar-refractivity contribution in [2.75, 3.05) is 20.8 Å². The van der Waals surface area contributed by atoms with Gasteiger partial charge in [-0.05, 0) is 26.8 Å². The van der Waals surface area contributed by atoms with E-state index in [0.717, 1.165) is 0 Å². The second kappa shape index (κ2) is 5.35. The smallest absolute Gasteiger partial charge is 0.230 e. The molecule has 5 heteroatoms. The van der Waals surface area contributed by atoms with E-state index in [4.69, 9.17) is 14.2 Å². The van der Waals surface area contributed by atoms with Crippen molar-refractivity contribution in [1.82, 2.24) is 0 Å². The van der Waals surface area contributed by atoms with Crippen LogP contribution in [0.15, 0.2) is 23.2 Å². The van der Waals surface area contributed by atoms with E-state index in [9.17, 15) is 9.59 Å². The van der Waals surface area contributed by atoms with Gasteiger partial charge in [0.15, 0.2) is 0 Å². The van der Waals surface area contributed by atoms with E-state index in [2.05, 4.69) is 0 Å². The van der Waals surface area contributed by atoms with Crippen molar-refractivity contribution in [1.29, 1.82) is 0 Å². The first-order valence-corrected chi connectivity index (χ1v) is 5.56. The normalized spacial score (nSPS) is 16.8. The standard InChI is InChI=1S/C13H18O5/c1-13(2,3)18-7-8-6-9(14)11(16-4)12(17-5)10(8)15/h6H,7H2,1-5H3. The lowest BCUT2D eigenvalue weighted by molar-refractivity contribution is -0.121. The summed E-state index contributed by atoms with van der Waals surface area (Å²) in [5, 5.41) is 0. The molecule has 0 saturated heterocycles. The van der Waals surface area contributed by atoms with Gasteiger partial charge in [0, 0.05) is 5.57 Å². The third-order valence-corrected chi connectivity index (χ3v) is 2.30. The number of carbonyl (C=O) groups is 2. The van der Waals surface area contributed by atoms with Crippen molar-refractivity contribution in [2.45, 2.75) is 26.4 Å². The van der Waals surface area contributed by atoms with Crippen molar-refractivity contribution in [3.05, 3.63) is 23.2 Å². The zero-order valence-electron chi connectivity index (χ0n) is 11.3. The van der Waals surface area contributed by atoms with Crippen LogP contribution in [0.4, 0.5) is 0 Å². The Labute approximate surface area is 106 Å². The highest BCUT2D eigenvalue weighted by molar-refractivity contribution is 6.21. The molecule has 0 aliphatic heterocycles. The molecular formula is C13H18O5. The number of hydrogen-bond acceptors (Lipinski definition) is 5. The molecule has 0 N–H and O–H groups in total. The van der Waals surface area contributed by atoms with Crippen molar-refractivity contribution < 1.29 is 23.8 Å². The predicted molar refractivity (Wildman–Crippen MR) is 64.8 cm³/mol. The monoisotopic (exact) mass is 254 g/mol. The molecule has 0 bridgehead atoms. The first kappa shape index (κ1) is 14.4. The predicted octanol–water partition coefficient (Wildman–Crippen LogP) is 1.38. The highest BCUT2D eigenvalue weighted by Crippen LogP contribution is 2.21. The van der Waals surface area contributed by atoms with Crippen molar-refractivity contribution >= 4 is 11.6 Å². The first-order valence-electron chi connectivity index (χ1n) is 5.56. The molecule has 0 radical (unpaired) electrons. The fourth-order valence-corrected chi connectivity index (χ4v) is 1.43. The minimum atomic E-state index is -0.388. The number of hydrogen-bond donors (Lipinski definition) is 0. The van der Waals surface area contributed by atoms with Crippen molar-refractivity contribution in [3.8, 4) is 0 Å². The van der Waals surface area contributed by atoms with E-state index < -0.39 is 0 Å². The molecule has 0 unspecified atom stereocenters. The molecule has 0 saturated carbocycles. The minimum Gasteiger partial charge on any atom is -0.490 e. The average molecular weight is 254 g/mol. The molecular weight excluding hydrogens is 236 g/mol. The molecule has 0 aromatic heterocycles. The molecule has 0 aromatic carbocycles. The van der Waals surface area contributed by atoms with Gasteiger partial charge in [-0.15, -0.1) is 0 Å². The summed E-state index contributed by atoms with van der Waals surface area (Å²) in [7, 11) is 2.65. The summed E-state index contributed by atoms with van der Waals surface area (Å²) in [5.74, 6) is -0.904. The van der Waals surface area contributed by atoms with E-state index in [1.54, 1.807) is 0 Å². The first-order chi connectivity index (χ1) is 8.30. The van der Waals surface area contributed by atoms with Crippen LogP contribution in [-0.4, -0.2) is 38.0 Å². The molecule has 100 valence electrons. The Kier molecular flexibility index (Phi) is 4.29. The lowest BCUT2D eigenvalue weighted by Crippen LogP contribution is -2.27. The number of rotatable bonds is 4. The van der Waals surface area contributed by atoms with Crippen LogP contribution in [0.25, 0.3) is 0 Å². The van der Waals surface area contributed by atoms with Gasteiger partial charge in [-0.2, -0.15) is 0 Å². The Morgan fingerprint density at radius 1 is 1.06 bits per heavy atom. The van der Waals surface area contributed by atoms with Gasteiger partial charge in [0.2, 0.25) is 23.1 Å². The van der Waals surface area contributed by atoms with E-state index in [0.29, 0.717) is 0 Å². The fraction of sp³-hybridized carbons (Fsp3) is 0.538. The fourth-order valence-electron chi connectivity index (χ4n) is 1.43. The summed E-state index contributed by atoms with van der Waals surface area (Å²) in [6.45, 7) is 5.68. The van der Waals surface area contributed by atoms with Crippen molar-refractivity contribution in [3.63, 3.8) is 0 Å². The van der Waals surface area contributed by atoms with E-state index >= 15 is 0 Å². The SMILES string of the molecule is COC1=C(OC)C(=O)C(COC(C)(C)C)=CC1=O. The minimum absolute atomic E-state index is 0.0674. The summed E-state index contributed by atoms with van der Waals surface area (Å²) in [5.41, 5.74) is -0.115. The van der Waals surface area contributed by atoms with Crippen LogP contribution in [-0.2, 0) is 23.8 Å². The van der Waals surface area contributed by atoms with E-state index in [1.165, 1.54) is 20.3 Å². The summed E-state index contributed by atoms with van der Waals surface area (Å²) >= 11 is 0. The number of Topliss-reactive ketones (excluding diaryl/α,β-unsaturated/α-hetero) is 1. The van der Waals surface area contributed by atoms with Crippen LogP contribution in [0, 0.1) is 0 Å². The average Bonchev–Trinajstić information content (AvgIpc) is 2.28. The summed E-state index contributed by atoms with van der Waals surface area (Å²) in [6.07, 6.45) is 1.23. The summed E-state index contributed by atoms with van der Waals surface area (Å²) < 4.78 is 15.3. The molecule has 18 heavy (non-hydrogen) atoms. The van der Waals surface area contributed by atoms with Gasteiger partial charge >= 0.3 is 0 Å². The number of carbonyl (C=O) groups excluding carboxylic acids is 2. The van der Waals surface area contributed by atoms with Gasteiger partial charge in [0.25, 0.3) is 0 Å². The maximum atomic E-state index is 12.0. The second-order valence-electron chi connectivity index (χ2n) is 4.83. The highest BCUT2D eigenvalue weighted by atomic mass is 16.5. The second-order valence-corrected chi connectivity index (χ2v) is 4.83. The Hall–Kier alpha value is -1.62. The highest BCUT2D eigenvalue weighted by Gasteiger charge is 2.31. The van der Waals surface area contributed by atoms with Gasteiger partial charge in [-0.1, -0.05) is 0 Å². The van der Waals surface area contributed by atoms with Crippen LogP contribution < -0.4 is 0 Å². The summed E-state index contributed by atoms with van der Waals surface area (Å²) in [6, 6.07) is 0. The third-order valence-electron chi connectivity index (χ3n) is 2.30. The van der Waals surface area contributed by atoms with Gasteiger partial charge in [-0.3, -0.25) is 9.59 Å². The molecule has 0 aromatic rings. The van der Waals surface area contributed by atoms with Crippen LogP contribution in [0.3, 0.4) is 0 Å². The van der Waals surface area contributed by atoms with E-state index in [-0.39, 0.29) is 40.9 Å². The van der Waals surface area contributed by atoms with Gasteiger partial charge in [-0.25, -0.2) is 0 Å². The Balaban J connectivity index is 2.92. The maximum absolute atomic E-state index is 12.0. The molecule has 1 aliphatic rings. The third kappa shape index (κ3) is 3.20. The quantitative estimate of drug-likeness (QED) is 0.709. The van der Waals surface area contributed by atoms with Crippen LogP contribution in [0.5, 0.6) is 0 Å². The topological polar surface area (TPSA) is 61.8 Å². The number of allylic oxidation sites excluding steroid dienone is 2. The zero-order chi connectivity index (χ0) is 13.9. The molecule has 1 aliphatic carbocycles. The number of ether oxygens (including phenoxy) is 3. The molecule has 0 fully saturated rings. The largest absolute Gasteiger partial charge is 0.490 e. The molecule has 0 atom stereocenters. The van der Waals surface area contributed by atoms with Gasteiger partial charge in [0.1, 0.15) is 0 Å². The Morgan fingerprint density at radius 3 is 2.06 bits per heavy atom. The van der Waals surface area contributed by atoms with Crippen LogP contribution >= 0.6 is 0 Å². The Morgan fingerprint density at radius 2 is 1.61 bits per heavy atom. The molecule has 5 nitrogen and oxygen atoms in total. The lowest BCUT2D eigenvalue weighted by atomic mass is 10.0. The molecule has 0 heterocycles. The molecule has 1 rings (SSSR count). The maximum Gasteiger partial charge on any atom is 0.230 e. The van der Waals surface area contributed by atoms with Gasteiger partial charge < -0.3 is 14.2 Å². The number of methoxy groups -OCH3 is 2. The lowest BCUT2D eigenvalue weighted by Gasteiger charge is -2.22. The zero-order valence-corrected chi connectivity index (χ0v) is 11.3. The number of ketones is 2.